The van der Waals surface area contributed by atoms with E-state index in [-0.39, 0.29) is 10.8 Å². The summed E-state index contributed by atoms with van der Waals surface area (Å²) in [5, 5.41) is 4.38. The first-order valence-corrected chi connectivity index (χ1v) is 12.2. The van der Waals surface area contributed by atoms with Gasteiger partial charge < -0.3 is 10.1 Å². The van der Waals surface area contributed by atoms with Crippen LogP contribution in [-0.4, -0.2) is 28.5 Å². The molecule has 2 aromatic heterocycles. The van der Waals surface area contributed by atoms with Gasteiger partial charge in [-0.25, -0.2) is 14.8 Å². The van der Waals surface area contributed by atoms with Crippen LogP contribution in [0.1, 0.15) is 33.6 Å². The number of hydrogen-bond donors (Lipinski definition) is 1. The fourth-order valence-electron chi connectivity index (χ4n) is 4.15. The first-order valence-electron chi connectivity index (χ1n) is 11.0. The molecule has 6 nitrogen and oxygen atoms in total. The summed E-state index contributed by atoms with van der Waals surface area (Å²) in [5.74, 6) is -1.03. The van der Waals surface area contributed by atoms with E-state index < -0.39 is 18.5 Å². The molecule has 4 aromatic rings. The predicted molar refractivity (Wildman–Crippen MR) is 143 cm³/mol. The van der Waals surface area contributed by atoms with Gasteiger partial charge in [0, 0.05) is 16.6 Å². The van der Waals surface area contributed by atoms with Crippen LogP contribution in [0.2, 0.25) is 15.1 Å². The Morgan fingerprint density at radius 1 is 1.00 bits per heavy atom. The number of fused-ring (bicyclic) bond motifs is 2. The summed E-state index contributed by atoms with van der Waals surface area (Å²) in [6.07, 6.45) is 4.77. The number of nitrogens with one attached hydrogen (secondary N) is 1. The highest BCUT2D eigenvalue weighted by atomic mass is 35.5. The molecule has 1 N–H and O–H groups in total. The lowest BCUT2D eigenvalue weighted by Gasteiger charge is -2.12. The van der Waals surface area contributed by atoms with Crippen molar-refractivity contribution in [1.82, 2.24) is 9.97 Å². The van der Waals surface area contributed by atoms with Crippen LogP contribution in [0.25, 0.3) is 22.6 Å². The molecule has 1 aliphatic rings. The molecule has 0 radical (unpaired) electrons. The number of benzene rings is 2. The van der Waals surface area contributed by atoms with Gasteiger partial charge >= 0.3 is 5.97 Å². The predicted octanol–water partition coefficient (Wildman–Crippen LogP) is 6.87. The normalized spacial score (nSPS) is 13.6. The van der Waals surface area contributed by atoms with Crippen molar-refractivity contribution in [2.75, 3.05) is 11.9 Å². The molecule has 0 aliphatic heterocycles. The third-order valence-electron chi connectivity index (χ3n) is 5.76. The van der Waals surface area contributed by atoms with E-state index in [9.17, 15) is 9.59 Å². The van der Waals surface area contributed by atoms with Crippen LogP contribution in [0, 0.1) is 0 Å². The summed E-state index contributed by atoms with van der Waals surface area (Å²) in [7, 11) is 0. The van der Waals surface area contributed by atoms with Crippen molar-refractivity contribution in [2.24, 2.45) is 0 Å². The van der Waals surface area contributed by atoms with Crippen molar-refractivity contribution in [3.05, 3.63) is 98.2 Å². The van der Waals surface area contributed by atoms with Crippen LogP contribution in [-0.2, 0) is 16.0 Å². The third kappa shape index (κ3) is 5.07. The van der Waals surface area contributed by atoms with Crippen molar-refractivity contribution in [1.29, 1.82) is 0 Å². The van der Waals surface area contributed by atoms with Gasteiger partial charge in [-0.3, -0.25) is 4.79 Å². The van der Waals surface area contributed by atoms with Gasteiger partial charge in [-0.2, -0.15) is 0 Å². The molecule has 9 heteroatoms. The van der Waals surface area contributed by atoms with E-state index in [2.05, 4.69) is 16.4 Å². The van der Waals surface area contributed by atoms with Crippen molar-refractivity contribution >= 4 is 75.0 Å². The number of amides is 1. The molecule has 1 amide bonds. The van der Waals surface area contributed by atoms with Gasteiger partial charge in [0.15, 0.2) is 12.4 Å². The number of rotatable bonds is 5. The topological polar surface area (TPSA) is 81.2 Å². The molecule has 36 heavy (non-hydrogen) atoms. The number of ether oxygens (including phenoxy) is 1. The zero-order chi connectivity index (χ0) is 25.2. The fourth-order valence-corrected chi connectivity index (χ4v) is 4.70. The average molecular weight is 539 g/mol. The molecule has 0 bridgehead atoms. The van der Waals surface area contributed by atoms with Gasteiger partial charge in [-0.05, 0) is 59.9 Å². The standard InChI is InChI=1S/C27H18Cl3N3O3/c28-17-8-5-15(6-9-17)11-16-7-10-20-24(19-3-1-2-4-22(19)32-25(16)20)27(35)36-14-23(34)33-26-21(30)12-18(29)13-31-26/h1-6,8-9,11-13H,7,10,14H2,(H,31,33,34). The van der Waals surface area contributed by atoms with Gasteiger partial charge in [0.2, 0.25) is 0 Å². The van der Waals surface area contributed by atoms with Crippen molar-refractivity contribution in [3.8, 4) is 0 Å². The van der Waals surface area contributed by atoms with E-state index in [1.807, 2.05) is 48.5 Å². The Balaban J connectivity index is 1.42. The second-order valence-corrected chi connectivity index (χ2v) is 9.44. The van der Waals surface area contributed by atoms with E-state index in [0.29, 0.717) is 32.9 Å². The number of hydrogen-bond acceptors (Lipinski definition) is 5. The van der Waals surface area contributed by atoms with Crippen LogP contribution < -0.4 is 5.32 Å². The SMILES string of the molecule is O=C(COC(=O)c1c2c(nc3ccccc13)C(=Cc1ccc(Cl)cc1)CC2)Nc1ncc(Cl)cc1Cl. The van der Waals surface area contributed by atoms with Crippen LogP contribution in [0.4, 0.5) is 5.82 Å². The van der Waals surface area contributed by atoms with Gasteiger partial charge in [-0.1, -0.05) is 65.1 Å². The number of allylic oxidation sites excluding steroid dienone is 1. The minimum Gasteiger partial charge on any atom is -0.452 e. The molecule has 2 heterocycles. The minimum atomic E-state index is -0.595. The van der Waals surface area contributed by atoms with Gasteiger partial charge in [0.05, 0.1) is 26.8 Å². The molecule has 0 saturated carbocycles. The number of aromatic nitrogens is 2. The molecule has 0 spiro atoms. The van der Waals surface area contributed by atoms with E-state index in [0.717, 1.165) is 28.8 Å². The maximum absolute atomic E-state index is 13.3. The maximum atomic E-state index is 13.3. The molecule has 2 aromatic carbocycles. The Kier molecular flexibility index (Phi) is 6.92. The highest BCUT2D eigenvalue weighted by Crippen LogP contribution is 2.38. The Labute approximate surface area is 221 Å². The highest BCUT2D eigenvalue weighted by molar-refractivity contribution is 6.36. The number of anilines is 1. The van der Waals surface area contributed by atoms with Gasteiger partial charge in [-0.15, -0.1) is 0 Å². The largest absolute Gasteiger partial charge is 0.452 e. The van der Waals surface area contributed by atoms with Crippen molar-refractivity contribution in [2.45, 2.75) is 12.8 Å². The smallest absolute Gasteiger partial charge is 0.339 e. The third-order valence-corrected chi connectivity index (χ3v) is 6.50. The van der Waals surface area contributed by atoms with Gasteiger partial charge in [0.25, 0.3) is 5.91 Å². The van der Waals surface area contributed by atoms with Crippen LogP contribution >= 0.6 is 34.8 Å². The minimum absolute atomic E-state index is 0.134. The maximum Gasteiger partial charge on any atom is 0.339 e. The second kappa shape index (κ2) is 10.3. The number of esters is 1. The Morgan fingerprint density at radius 2 is 1.78 bits per heavy atom. The quantitative estimate of drug-likeness (QED) is 0.280. The molecule has 0 fully saturated rings. The van der Waals surface area contributed by atoms with Crippen molar-refractivity contribution in [3.63, 3.8) is 0 Å². The van der Waals surface area contributed by atoms with Crippen LogP contribution in [0.5, 0.6) is 0 Å². The summed E-state index contributed by atoms with van der Waals surface area (Å²) in [6, 6.07) is 16.4. The molecule has 1 aliphatic carbocycles. The van der Waals surface area contributed by atoms with Gasteiger partial charge in [0.1, 0.15) is 0 Å². The lowest BCUT2D eigenvalue weighted by Crippen LogP contribution is -2.22. The second-order valence-electron chi connectivity index (χ2n) is 8.16. The monoisotopic (exact) mass is 537 g/mol. The highest BCUT2D eigenvalue weighted by Gasteiger charge is 2.28. The van der Waals surface area contributed by atoms with Crippen molar-refractivity contribution < 1.29 is 14.3 Å². The summed E-state index contributed by atoms with van der Waals surface area (Å²) in [6.45, 7) is -0.502. The zero-order valence-electron chi connectivity index (χ0n) is 18.7. The lowest BCUT2D eigenvalue weighted by molar-refractivity contribution is -0.119. The number of halogens is 3. The first kappa shape index (κ1) is 24.3. The Hall–Kier alpha value is -3.45. The van der Waals surface area contributed by atoms with Crippen LogP contribution in [0.3, 0.4) is 0 Å². The summed E-state index contributed by atoms with van der Waals surface area (Å²) < 4.78 is 5.42. The summed E-state index contributed by atoms with van der Waals surface area (Å²) >= 11 is 17.9. The molecule has 180 valence electrons. The number of carbonyl (C=O) groups excluding carboxylic acids is 2. The zero-order valence-corrected chi connectivity index (χ0v) is 21.0. The Morgan fingerprint density at radius 3 is 2.56 bits per heavy atom. The number of nitrogens with zero attached hydrogens (tertiary/aromatic N) is 2. The lowest BCUT2D eigenvalue weighted by atomic mass is 10.0. The molecule has 0 unspecified atom stereocenters. The van der Waals surface area contributed by atoms with Crippen LogP contribution in [0.15, 0.2) is 60.8 Å². The summed E-state index contributed by atoms with van der Waals surface area (Å²) in [4.78, 5) is 34.5. The van der Waals surface area contributed by atoms with E-state index in [4.69, 9.17) is 44.5 Å². The number of carbonyl (C=O) groups is 2. The van der Waals surface area contributed by atoms with E-state index in [1.165, 1.54) is 12.3 Å². The average Bonchev–Trinajstić information content (AvgIpc) is 3.26. The Bertz CT molecular complexity index is 1540. The fraction of sp³-hybridized carbons (Fsp3) is 0.111. The number of pyridine rings is 2. The molecule has 0 saturated heterocycles. The van der Waals surface area contributed by atoms with E-state index in [1.54, 1.807) is 0 Å². The molecular formula is C27H18Cl3N3O3. The van der Waals surface area contributed by atoms with E-state index >= 15 is 0 Å². The summed E-state index contributed by atoms with van der Waals surface area (Å²) in [5.41, 5.74) is 4.68. The number of para-hydroxylation sites is 1. The molecule has 0 atom stereocenters. The first-order chi connectivity index (χ1) is 17.4. The molecular weight excluding hydrogens is 521 g/mol. The molecule has 5 rings (SSSR count).